The second-order valence-corrected chi connectivity index (χ2v) is 6.08. The molecule has 4 rings (SSSR count). The number of hydrogen-bond donors (Lipinski definition) is 2. The van der Waals surface area contributed by atoms with Crippen molar-refractivity contribution in [1.82, 2.24) is 25.2 Å². The van der Waals surface area contributed by atoms with Crippen LogP contribution < -0.4 is 5.32 Å². The highest BCUT2D eigenvalue weighted by molar-refractivity contribution is 5.98. The van der Waals surface area contributed by atoms with E-state index in [1.165, 1.54) is 0 Å². The van der Waals surface area contributed by atoms with Crippen LogP contribution in [0, 0.1) is 0 Å². The van der Waals surface area contributed by atoms with Crippen molar-refractivity contribution >= 4 is 22.5 Å². The first-order valence-electron chi connectivity index (χ1n) is 7.90. The van der Waals surface area contributed by atoms with Gasteiger partial charge in [-0.3, -0.25) is 4.79 Å². The van der Waals surface area contributed by atoms with Gasteiger partial charge in [0.15, 0.2) is 0 Å². The van der Waals surface area contributed by atoms with Gasteiger partial charge in [0, 0.05) is 22.8 Å². The van der Waals surface area contributed by atoms with Gasteiger partial charge in [0.2, 0.25) is 0 Å². The van der Waals surface area contributed by atoms with Gasteiger partial charge in [-0.05, 0) is 47.5 Å². The first-order valence-corrected chi connectivity index (χ1v) is 7.90. The summed E-state index contributed by atoms with van der Waals surface area (Å²) >= 11 is 0. The van der Waals surface area contributed by atoms with Crippen LogP contribution in [-0.2, 0) is 10.3 Å². The Hall–Kier alpha value is -2.70. The minimum Gasteiger partial charge on any atom is -0.361 e. The van der Waals surface area contributed by atoms with Crippen LogP contribution in [0.1, 0.15) is 32.1 Å². The van der Waals surface area contributed by atoms with Crippen molar-refractivity contribution in [2.75, 3.05) is 5.32 Å². The fourth-order valence-corrected chi connectivity index (χ4v) is 3.43. The zero-order valence-electron chi connectivity index (χ0n) is 12.7. The zero-order chi connectivity index (χ0) is 15.7. The average molecular weight is 310 g/mol. The number of hydrogen-bond acceptors (Lipinski definition) is 4. The summed E-state index contributed by atoms with van der Waals surface area (Å²) in [6, 6.07) is 7.84. The normalized spacial score (nSPS) is 17.2. The van der Waals surface area contributed by atoms with E-state index in [-0.39, 0.29) is 5.91 Å². The molecular formula is C16H18N6O. The van der Waals surface area contributed by atoms with Crippen molar-refractivity contribution in [3.8, 4) is 0 Å². The minimum atomic E-state index is -0.686. The Morgan fingerprint density at radius 3 is 2.87 bits per heavy atom. The number of anilines is 1. The van der Waals surface area contributed by atoms with Crippen LogP contribution in [-0.4, -0.2) is 31.1 Å². The lowest BCUT2D eigenvalue weighted by molar-refractivity contribution is -0.126. The maximum absolute atomic E-state index is 13.0. The highest BCUT2D eigenvalue weighted by Gasteiger charge is 2.42. The minimum absolute atomic E-state index is 0.0422. The van der Waals surface area contributed by atoms with Gasteiger partial charge in [0.25, 0.3) is 5.91 Å². The van der Waals surface area contributed by atoms with E-state index in [0.717, 1.165) is 48.7 Å². The zero-order valence-corrected chi connectivity index (χ0v) is 12.7. The molecule has 1 aliphatic rings. The maximum Gasteiger partial charge on any atom is 0.252 e. The molecule has 0 atom stereocenters. The maximum atomic E-state index is 13.0. The summed E-state index contributed by atoms with van der Waals surface area (Å²) < 4.78 is 1.62. The van der Waals surface area contributed by atoms with E-state index in [9.17, 15) is 4.79 Å². The number of nitrogens with one attached hydrogen (secondary N) is 2. The monoisotopic (exact) mass is 310 g/mol. The summed E-state index contributed by atoms with van der Waals surface area (Å²) in [7, 11) is 0. The lowest BCUT2D eigenvalue weighted by Gasteiger charge is -2.35. The van der Waals surface area contributed by atoms with E-state index in [0.29, 0.717) is 0 Å². The molecule has 0 spiro atoms. The number of aromatic nitrogens is 5. The Balaban J connectivity index is 1.64. The Morgan fingerprint density at radius 1 is 1.22 bits per heavy atom. The van der Waals surface area contributed by atoms with Crippen LogP contribution in [0.5, 0.6) is 0 Å². The Bertz CT molecular complexity index is 816. The van der Waals surface area contributed by atoms with Crippen molar-refractivity contribution in [1.29, 1.82) is 0 Å². The van der Waals surface area contributed by atoms with Crippen molar-refractivity contribution in [3.63, 3.8) is 0 Å². The summed E-state index contributed by atoms with van der Waals surface area (Å²) in [6.45, 7) is 0. The van der Waals surface area contributed by atoms with E-state index >= 15 is 0 Å². The van der Waals surface area contributed by atoms with Crippen LogP contribution in [0.4, 0.5) is 5.69 Å². The largest absolute Gasteiger partial charge is 0.361 e. The summed E-state index contributed by atoms with van der Waals surface area (Å²) in [6.07, 6.45) is 8.10. The van der Waals surface area contributed by atoms with Gasteiger partial charge in [-0.15, -0.1) is 5.10 Å². The summed E-state index contributed by atoms with van der Waals surface area (Å²) in [5, 5.41) is 15.6. The van der Waals surface area contributed by atoms with Crippen LogP contribution >= 0.6 is 0 Å². The molecule has 0 aliphatic heterocycles. The number of carbonyl (C=O) groups excluding carboxylic acids is 1. The number of amides is 1. The second-order valence-electron chi connectivity index (χ2n) is 6.08. The molecule has 1 saturated carbocycles. The van der Waals surface area contributed by atoms with Gasteiger partial charge in [-0.1, -0.05) is 19.3 Å². The summed E-state index contributed by atoms with van der Waals surface area (Å²) in [5.41, 5.74) is 1.16. The van der Waals surface area contributed by atoms with Gasteiger partial charge in [0.1, 0.15) is 11.9 Å². The van der Waals surface area contributed by atoms with Crippen molar-refractivity contribution < 1.29 is 4.79 Å². The van der Waals surface area contributed by atoms with Gasteiger partial charge < -0.3 is 10.3 Å². The number of benzene rings is 1. The van der Waals surface area contributed by atoms with Crippen molar-refractivity contribution in [2.45, 2.75) is 37.6 Å². The Kier molecular flexibility index (Phi) is 3.33. The molecule has 2 N–H and O–H groups in total. The number of carbonyl (C=O) groups is 1. The molecule has 1 fully saturated rings. The number of rotatable bonds is 3. The summed E-state index contributed by atoms with van der Waals surface area (Å²) in [5.74, 6) is -0.0422. The van der Waals surface area contributed by atoms with E-state index in [4.69, 9.17) is 0 Å². The second kappa shape index (κ2) is 5.49. The standard InChI is InChI=1S/C16H18N6O/c23-15(19-13-4-5-14-12(10-13)6-9-17-14)16(7-2-1-3-8-16)22-11-18-20-21-22/h4-6,9-11,17H,1-3,7-8H2,(H,19,23). The average Bonchev–Trinajstić information content (AvgIpc) is 3.27. The van der Waals surface area contributed by atoms with Crippen LogP contribution in [0.15, 0.2) is 36.8 Å². The quantitative estimate of drug-likeness (QED) is 0.777. The fraction of sp³-hybridized carbons (Fsp3) is 0.375. The highest BCUT2D eigenvalue weighted by atomic mass is 16.2. The fourth-order valence-electron chi connectivity index (χ4n) is 3.43. The SMILES string of the molecule is O=C(Nc1ccc2[nH]ccc2c1)C1(n2cnnn2)CCCCC1. The Labute approximate surface area is 133 Å². The number of H-pyrrole nitrogens is 1. The van der Waals surface area contributed by atoms with E-state index in [1.54, 1.807) is 11.0 Å². The van der Waals surface area contributed by atoms with Crippen LogP contribution in [0.3, 0.4) is 0 Å². The predicted molar refractivity (Wildman–Crippen MR) is 85.8 cm³/mol. The molecule has 1 amide bonds. The highest BCUT2D eigenvalue weighted by Crippen LogP contribution is 2.35. The third kappa shape index (κ3) is 2.38. The van der Waals surface area contributed by atoms with Crippen LogP contribution in [0.2, 0.25) is 0 Å². The van der Waals surface area contributed by atoms with Gasteiger partial charge in [0.05, 0.1) is 0 Å². The molecule has 7 nitrogen and oxygen atoms in total. The molecule has 2 heterocycles. The topological polar surface area (TPSA) is 88.5 Å². The van der Waals surface area contributed by atoms with Crippen molar-refractivity contribution in [3.05, 3.63) is 36.8 Å². The predicted octanol–water partition coefficient (Wildman–Crippen LogP) is 2.45. The lowest BCUT2D eigenvalue weighted by atomic mass is 9.81. The molecule has 23 heavy (non-hydrogen) atoms. The smallest absolute Gasteiger partial charge is 0.252 e. The molecule has 2 aromatic heterocycles. The number of fused-ring (bicyclic) bond motifs is 1. The Morgan fingerprint density at radius 2 is 2.09 bits per heavy atom. The van der Waals surface area contributed by atoms with Gasteiger partial charge >= 0.3 is 0 Å². The number of tetrazole rings is 1. The molecule has 1 aliphatic carbocycles. The van der Waals surface area contributed by atoms with E-state index in [1.807, 2.05) is 30.5 Å². The first-order chi connectivity index (χ1) is 11.3. The molecule has 1 aromatic carbocycles. The van der Waals surface area contributed by atoms with Crippen LogP contribution in [0.25, 0.3) is 10.9 Å². The molecule has 0 saturated heterocycles. The number of nitrogens with zero attached hydrogens (tertiary/aromatic N) is 4. The van der Waals surface area contributed by atoms with Gasteiger partial charge in [-0.2, -0.15) is 0 Å². The van der Waals surface area contributed by atoms with E-state index < -0.39 is 5.54 Å². The third-order valence-corrected chi connectivity index (χ3v) is 4.70. The molecule has 118 valence electrons. The molecule has 0 radical (unpaired) electrons. The molecule has 3 aromatic rings. The third-order valence-electron chi connectivity index (χ3n) is 4.70. The molecule has 7 heteroatoms. The first kappa shape index (κ1) is 13.9. The van der Waals surface area contributed by atoms with Crippen molar-refractivity contribution in [2.24, 2.45) is 0 Å². The van der Waals surface area contributed by atoms with Gasteiger partial charge in [-0.25, -0.2) is 4.68 Å². The number of aromatic amines is 1. The molecular weight excluding hydrogens is 292 g/mol. The molecule has 0 bridgehead atoms. The lowest BCUT2D eigenvalue weighted by Crippen LogP contribution is -2.47. The molecule has 0 unspecified atom stereocenters. The van der Waals surface area contributed by atoms with E-state index in [2.05, 4.69) is 25.8 Å². The summed E-state index contributed by atoms with van der Waals surface area (Å²) in [4.78, 5) is 16.2.